The molecule has 0 saturated carbocycles. The number of likely N-dealkylation sites (N-methyl/N-ethyl adjacent to an activating group) is 1. The molecule has 5 heteroatoms. The van der Waals surface area contributed by atoms with Crippen molar-refractivity contribution in [2.45, 2.75) is 13.0 Å². The highest BCUT2D eigenvalue weighted by Gasteiger charge is 2.19. The van der Waals surface area contributed by atoms with E-state index in [1.807, 2.05) is 56.6 Å². The molecule has 0 aliphatic carbocycles. The lowest BCUT2D eigenvalue weighted by atomic mass is 10.0. The number of pyridine rings is 2. The summed E-state index contributed by atoms with van der Waals surface area (Å²) in [5.74, 6) is 0.754. The summed E-state index contributed by atoms with van der Waals surface area (Å²) in [6, 6.07) is 16.3. The average molecular weight is 358 g/mol. The Kier molecular flexibility index (Phi) is 4.85. The molecule has 0 amide bonds. The molecule has 3 aromatic heterocycles. The van der Waals surface area contributed by atoms with Crippen molar-refractivity contribution in [1.82, 2.24) is 20.3 Å². The topological polar surface area (TPSA) is 62.8 Å². The van der Waals surface area contributed by atoms with Crippen molar-refractivity contribution >= 4 is 11.0 Å². The third-order valence-electron chi connectivity index (χ3n) is 4.49. The maximum absolute atomic E-state index is 6.16. The van der Waals surface area contributed by atoms with Gasteiger partial charge in [-0.15, -0.1) is 0 Å². The van der Waals surface area contributed by atoms with E-state index in [2.05, 4.69) is 32.4 Å². The summed E-state index contributed by atoms with van der Waals surface area (Å²) in [5, 5.41) is 3.14. The maximum Gasteiger partial charge on any atom is 0.147 e. The van der Waals surface area contributed by atoms with E-state index in [-0.39, 0.29) is 6.10 Å². The molecule has 5 nitrogen and oxygen atoms in total. The summed E-state index contributed by atoms with van der Waals surface area (Å²) in [7, 11) is 1.92. The quantitative estimate of drug-likeness (QED) is 0.540. The Morgan fingerprint density at radius 2 is 1.93 bits per heavy atom. The number of benzene rings is 1. The van der Waals surface area contributed by atoms with Crippen LogP contribution < -0.4 is 10.1 Å². The van der Waals surface area contributed by atoms with Gasteiger partial charge in [-0.3, -0.25) is 9.97 Å². The smallest absolute Gasteiger partial charge is 0.147 e. The summed E-state index contributed by atoms with van der Waals surface area (Å²) in [6.45, 7) is 2.80. The largest absolute Gasteiger partial charge is 0.487 e. The number of nitrogens with one attached hydrogen (secondary N) is 2. The Morgan fingerprint density at radius 3 is 2.74 bits per heavy atom. The maximum atomic E-state index is 6.16. The van der Waals surface area contributed by atoms with Crippen LogP contribution in [0.5, 0.6) is 5.75 Å². The third-order valence-corrected chi connectivity index (χ3v) is 4.49. The summed E-state index contributed by atoms with van der Waals surface area (Å²) >= 11 is 0. The second-order valence-corrected chi connectivity index (χ2v) is 6.50. The van der Waals surface area contributed by atoms with Crippen LogP contribution in [0.25, 0.3) is 33.4 Å². The lowest BCUT2D eigenvalue weighted by Gasteiger charge is -2.17. The van der Waals surface area contributed by atoms with Gasteiger partial charge < -0.3 is 15.0 Å². The van der Waals surface area contributed by atoms with Crippen LogP contribution in [0.15, 0.2) is 67.1 Å². The van der Waals surface area contributed by atoms with Crippen molar-refractivity contribution in [3.05, 3.63) is 67.1 Å². The molecule has 1 aromatic carbocycles. The Morgan fingerprint density at radius 1 is 1.07 bits per heavy atom. The first-order valence-corrected chi connectivity index (χ1v) is 9.05. The van der Waals surface area contributed by atoms with Crippen molar-refractivity contribution in [3.63, 3.8) is 0 Å². The van der Waals surface area contributed by atoms with Crippen LogP contribution in [0.4, 0.5) is 0 Å². The van der Waals surface area contributed by atoms with Crippen LogP contribution in [-0.4, -0.2) is 34.6 Å². The van der Waals surface area contributed by atoms with E-state index in [1.165, 1.54) is 0 Å². The van der Waals surface area contributed by atoms with Gasteiger partial charge in [0.2, 0.25) is 0 Å². The van der Waals surface area contributed by atoms with Gasteiger partial charge in [0.25, 0.3) is 0 Å². The van der Waals surface area contributed by atoms with Crippen LogP contribution >= 0.6 is 0 Å². The number of ether oxygens (including phenoxy) is 1. The molecule has 0 bridgehead atoms. The molecule has 0 spiro atoms. The van der Waals surface area contributed by atoms with Gasteiger partial charge in [0.05, 0.1) is 22.9 Å². The Hall–Kier alpha value is -3.18. The molecule has 4 rings (SSSR count). The lowest BCUT2D eigenvalue weighted by molar-refractivity contribution is 0.221. The van der Waals surface area contributed by atoms with E-state index in [1.54, 1.807) is 12.4 Å². The van der Waals surface area contributed by atoms with E-state index < -0.39 is 0 Å². The minimum Gasteiger partial charge on any atom is -0.487 e. The molecule has 136 valence electrons. The van der Waals surface area contributed by atoms with E-state index in [0.29, 0.717) is 0 Å². The first-order chi connectivity index (χ1) is 13.3. The highest BCUT2D eigenvalue weighted by Crippen LogP contribution is 2.40. The fraction of sp³-hybridized carbons (Fsp3) is 0.182. The number of hydrogen-bond donors (Lipinski definition) is 2. The van der Waals surface area contributed by atoms with Crippen molar-refractivity contribution in [3.8, 4) is 28.1 Å². The molecule has 1 unspecified atom stereocenters. The predicted molar refractivity (Wildman–Crippen MR) is 109 cm³/mol. The Balaban J connectivity index is 1.91. The summed E-state index contributed by atoms with van der Waals surface area (Å²) in [6.07, 6.45) is 5.42. The molecular weight excluding hydrogens is 336 g/mol. The van der Waals surface area contributed by atoms with Gasteiger partial charge in [-0.1, -0.05) is 30.3 Å². The van der Waals surface area contributed by atoms with Gasteiger partial charge in [-0.05, 0) is 37.7 Å². The zero-order chi connectivity index (χ0) is 18.6. The van der Waals surface area contributed by atoms with E-state index in [0.717, 1.165) is 45.7 Å². The number of H-pyrrole nitrogens is 1. The Bertz CT molecular complexity index is 1040. The highest BCUT2D eigenvalue weighted by atomic mass is 16.5. The van der Waals surface area contributed by atoms with E-state index in [4.69, 9.17) is 4.74 Å². The first kappa shape index (κ1) is 17.2. The van der Waals surface area contributed by atoms with Gasteiger partial charge in [-0.2, -0.15) is 0 Å². The monoisotopic (exact) mass is 358 g/mol. The predicted octanol–water partition coefficient (Wildman–Crippen LogP) is 4.28. The van der Waals surface area contributed by atoms with Crippen LogP contribution in [-0.2, 0) is 0 Å². The summed E-state index contributed by atoms with van der Waals surface area (Å²) in [4.78, 5) is 12.4. The first-order valence-electron chi connectivity index (χ1n) is 9.05. The molecule has 0 fully saturated rings. The summed E-state index contributed by atoms with van der Waals surface area (Å²) in [5.41, 5.74) is 6.10. The average Bonchev–Trinajstić information content (AvgIpc) is 3.08. The van der Waals surface area contributed by atoms with Gasteiger partial charge >= 0.3 is 0 Å². The second-order valence-electron chi connectivity index (χ2n) is 6.50. The molecule has 27 heavy (non-hydrogen) atoms. The fourth-order valence-electron chi connectivity index (χ4n) is 3.34. The van der Waals surface area contributed by atoms with Gasteiger partial charge in [0.1, 0.15) is 11.9 Å². The van der Waals surface area contributed by atoms with Crippen LogP contribution in [0, 0.1) is 0 Å². The SMILES string of the molecule is CNCC(C)Oc1cnccc1-c1[nH]c2cccnc2c1-c1ccccc1. The number of fused-ring (bicyclic) bond motifs is 1. The van der Waals surface area contributed by atoms with Gasteiger partial charge in [0.15, 0.2) is 0 Å². The van der Waals surface area contributed by atoms with Crippen LogP contribution in [0.1, 0.15) is 6.92 Å². The van der Waals surface area contributed by atoms with Crippen LogP contribution in [0.2, 0.25) is 0 Å². The summed E-state index contributed by atoms with van der Waals surface area (Å²) < 4.78 is 6.16. The fourth-order valence-corrected chi connectivity index (χ4v) is 3.34. The molecule has 2 N–H and O–H groups in total. The number of nitrogens with zero attached hydrogens (tertiary/aromatic N) is 2. The van der Waals surface area contributed by atoms with Crippen LogP contribution in [0.3, 0.4) is 0 Å². The second kappa shape index (κ2) is 7.60. The molecule has 3 heterocycles. The number of aromatic nitrogens is 3. The minimum absolute atomic E-state index is 0.0284. The normalized spacial score (nSPS) is 12.2. The minimum atomic E-state index is 0.0284. The number of rotatable bonds is 6. The van der Waals surface area contributed by atoms with E-state index >= 15 is 0 Å². The third kappa shape index (κ3) is 3.41. The zero-order valence-electron chi connectivity index (χ0n) is 15.4. The standard InChI is InChI=1S/C22H22N4O/c1-15(13-23-2)27-19-14-24-12-10-17(19)21-20(16-7-4-3-5-8-16)22-18(26-21)9-6-11-25-22/h3-12,14-15,23,26H,13H2,1-2H3. The molecular formula is C22H22N4O. The molecule has 0 aliphatic heterocycles. The molecule has 4 aromatic rings. The molecule has 1 atom stereocenters. The molecule has 0 radical (unpaired) electrons. The molecule has 0 aliphatic rings. The number of aromatic amines is 1. The van der Waals surface area contributed by atoms with Crippen molar-refractivity contribution in [1.29, 1.82) is 0 Å². The lowest BCUT2D eigenvalue weighted by Crippen LogP contribution is -2.26. The van der Waals surface area contributed by atoms with Crippen molar-refractivity contribution in [2.75, 3.05) is 13.6 Å². The molecule has 0 saturated heterocycles. The zero-order valence-corrected chi connectivity index (χ0v) is 15.4. The Labute approximate surface area is 158 Å². The number of hydrogen-bond acceptors (Lipinski definition) is 4. The highest BCUT2D eigenvalue weighted by molar-refractivity contribution is 6.02. The van der Waals surface area contributed by atoms with Crippen molar-refractivity contribution in [2.24, 2.45) is 0 Å². The van der Waals surface area contributed by atoms with Gasteiger partial charge in [0, 0.05) is 30.1 Å². The van der Waals surface area contributed by atoms with Gasteiger partial charge in [-0.25, -0.2) is 0 Å². The van der Waals surface area contributed by atoms with Crippen molar-refractivity contribution < 1.29 is 4.74 Å². The van der Waals surface area contributed by atoms with E-state index in [9.17, 15) is 0 Å².